The van der Waals surface area contributed by atoms with Gasteiger partial charge < -0.3 is 5.32 Å². The fourth-order valence-electron chi connectivity index (χ4n) is 2.37. The van der Waals surface area contributed by atoms with E-state index in [9.17, 15) is 0 Å². The van der Waals surface area contributed by atoms with Crippen molar-refractivity contribution in [2.24, 2.45) is 0 Å². The molecular weight excluding hydrogens is 300 g/mol. The minimum atomic E-state index is 0.680. The molecule has 0 radical (unpaired) electrons. The summed E-state index contributed by atoms with van der Waals surface area (Å²) in [6.07, 6.45) is 3.71. The van der Waals surface area contributed by atoms with Gasteiger partial charge in [0.2, 0.25) is 0 Å². The average molecular weight is 319 g/mol. The Bertz CT molecular complexity index is 618. The summed E-state index contributed by atoms with van der Waals surface area (Å²) >= 11 is 3.70. The van der Waals surface area contributed by atoms with Gasteiger partial charge in [-0.05, 0) is 53.7 Å². The molecule has 1 aliphatic rings. The van der Waals surface area contributed by atoms with Crippen molar-refractivity contribution in [2.75, 3.05) is 11.9 Å². The van der Waals surface area contributed by atoms with Gasteiger partial charge in [0, 0.05) is 33.7 Å². The van der Waals surface area contributed by atoms with Crippen LogP contribution in [0.1, 0.15) is 43.4 Å². The minimum Gasteiger partial charge on any atom is -0.384 e. The topological polar surface area (TPSA) is 24.9 Å². The Labute approximate surface area is 122 Å². The molecule has 0 bridgehead atoms. The van der Waals surface area contributed by atoms with E-state index in [1.165, 1.54) is 35.2 Å². The number of rotatable bonds is 4. The number of halogens is 1. The van der Waals surface area contributed by atoms with E-state index >= 15 is 0 Å². The zero-order chi connectivity index (χ0) is 13.4. The predicted molar refractivity (Wildman–Crippen MR) is 84.9 cm³/mol. The first-order valence-corrected chi connectivity index (χ1v) is 7.83. The van der Waals surface area contributed by atoms with Gasteiger partial charge in [0.15, 0.2) is 0 Å². The normalized spacial score (nSPS) is 14.9. The van der Waals surface area contributed by atoms with Crippen LogP contribution in [0.2, 0.25) is 0 Å². The van der Waals surface area contributed by atoms with Crippen molar-refractivity contribution in [3.8, 4) is 0 Å². The number of aryl methyl sites for hydroxylation is 1. The van der Waals surface area contributed by atoms with Gasteiger partial charge in [-0.2, -0.15) is 0 Å². The third-order valence-corrected chi connectivity index (χ3v) is 4.69. The largest absolute Gasteiger partial charge is 0.384 e. The quantitative estimate of drug-likeness (QED) is 0.857. The fourth-order valence-corrected chi connectivity index (χ4v) is 2.81. The number of nitrogens with one attached hydrogen (secondary N) is 1. The lowest BCUT2D eigenvalue weighted by Gasteiger charge is -2.13. The second-order valence-electron chi connectivity index (χ2n) is 5.39. The molecule has 1 N–H and O–H groups in total. The maximum atomic E-state index is 4.88. The van der Waals surface area contributed by atoms with Crippen molar-refractivity contribution in [1.82, 2.24) is 4.98 Å². The van der Waals surface area contributed by atoms with Gasteiger partial charge in [-0.25, -0.2) is 0 Å². The van der Waals surface area contributed by atoms with Gasteiger partial charge in [-0.1, -0.05) is 19.1 Å². The summed E-state index contributed by atoms with van der Waals surface area (Å²) in [5.74, 6) is 0.680. The summed E-state index contributed by atoms with van der Waals surface area (Å²) in [5.41, 5.74) is 4.82. The highest BCUT2D eigenvalue weighted by atomic mass is 79.9. The Hall–Kier alpha value is -1.09. The molecule has 0 amide bonds. The standard InChI is InChI=1S/C16H19BrN2/c1-3-8-18-14-9-13(11-5-6-11)19-16-12(14)7-4-10(2)15(16)17/h4,7,9,11H,3,5-6,8H2,1-2H3,(H,18,19). The number of hydrogen-bond donors (Lipinski definition) is 1. The van der Waals surface area contributed by atoms with E-state index in [1.807, 2.05) is 0 Å². The van der Waals surface area contributed by atoms with Crippen LogP contribution in [0.25, 0.3) is 10.9 Å². The molecule has 1 fully saturated rings. The van der Waals surface area contributed by atoms with E-state index < -0.39 is 0 Å². The highest BCUT2D eigenvalue weighted by Crippen LogP contribution is 2.42. The molecule has 3 rings (SSSR count). The molecule has 100 valence electrons. The lowest BCUT2D eigenvalue weighted by atomic mass is 10.1. The molecule has 19 heavy (non-hydrogen) atoms. The Morgan fingerprint density at radius 1 is 1.37 bits per heavy atom. The van der Waals surface area contributed by atoms with Crippen molar-refractivity contribution >= 4 is 32.5 Å². The van der Waals surface area contributed by atoms with Crippen LogP contribution in [0, 0.1) is 6.92 Å². The van der Waals surface area contributed by atoms with Crippen LogP contribution in [0.3, 0.4) is 0 Å². The zero-order valence-electron chi connectivity index (χ0n) is 11.5. The van der Waals surface area contributed by atoms with E-state index in [1.54, 1.807) is 0 Å². The summed E-state index contributed by atoms with van der Waals surface area (Å²) in [5, 5.41) is 4.76. The predicted octanol–water partition coefficient (Wildman–Crippen LogP) is 5.01. The molecule has 1 aromatic carbocycles. The summed E-state index contributed by atoms with van der Waals surface area (Å²) in [6.45, 7) is 5.32. The van der Waals surface area contributed by atoms with Crippen LogP contribution in [0.4, 0.5) is 5.69 Å². The molecule has 2 aromatic rings. The highest BCUT2D eigenvalue weighted by Gasteiger charge is 2.26. The number of nitrogens with zero attached hydrogens (tertiary/aromatic N) is 1. The van der Waals surface area contributed by atoms with Gasteiger partial charge in [0.1, 0.15) is 0 Å². The van der Waals surface area contributed by atoms with Crippen LogP contribution >= 0.6 is 15.9 Å². The third-order valence-electron chi connectivity index (χ3n) is 3.69. The number of hydrogen-bond acceptors (Lipinski definition) is 2. The number of anilines is 1. The highest BCUT2D eigenvalue weighted by molar-refractivity contribution is 9.10. The maximum Gasteiger partial charge on any atom is 0.0870 e. The average Bonchev–Trinajstić information content (AvgIpc) is 3.24. The van der Waals surface area contributed by atoms with Crippen molar-refractivity contribution in [2.45, 2.75) is 39.0 Å². The van der Waals surface area contributed by atoms with Gasteiger partial charge >= 0.3 is 0 Å². The molecule has 0 saturated heterocycles. The van der Waals surface area contributed by atoms with Crippen LogP contribution < -0.4 is 5.32 Å². The molecular formula is C16H19BrN2. The minimum absolute atomic E-state index is 0.680. The zero-order valence-corrected chi connectivity index (χ0v) is 13.0. The monoisotopic (exact) mass is 318 g/mol. The third kappa shape index (κ3) is 2.48. The van der Waals surface area contributed by atoms with Gasteiger partial charge in [-0.3, -0.25) is 4.98 Å². The molecule has 0 atom stereocenters. The smallest absolute Gasteiger partial charge is 0.0870 e. The van der Waals surface area contributed by atoms with E-state index in [0.29, 0.717) is 5.92 Å². The fraction of sp³-hybridized carbons (Fsp3) is 0.438. The second-order valence-corrected chi connectivity index (χ2v) is 6.18. The van der Waals surface area contributed by atoms with Crippen LogP contribution in [0.15, 0.2) is 22.7 Å². The van der Waals surface area contributed by atoms with Gasteiger partial charge in [0.25, 0.3) is 0 Å². The van der Waals surface area contributed by atoms with Crippen molar-refractivity contribution < 1.29 is 0 Å². The van der Waals surface area contributed by atoms with E-state index in [4.69, 9.17) is 4.98 Å². The van der Waals surface area contributed by atoms with E-state index in [-0.39, 0.29) is 0 Å². The van der Waals surface area contributed by atoms with Crippen molar-refractivity contribution in [3.63, 3.8) is 0 Å². The van der Waals surface area contributed by atoms with Crippen molar-refractivity contribution in [1.29, 1.82) is 0 Å². The summed E-state index contributed by atoms with van der Waals surface area (Å²) in [6, 6.07) is 6.58. The molecule has 3 heteroatoms. The summed E-state index contributed by atoms with van der Waals surface area (Å²) < 4.78 is 1.13. The SMILES string of the molecule is CCCNc1cc(C2CC2)nc2c(Br)c(C)ccc12. The lowest BCUT2D eigenvalue weighted by molar-refractivity contribution is 0.976. The molecule has 0 aliphatic heterocycles. The van der Waals surface area contributed by atoms with E-state index in [0.717, 1.165) is 23.0 Å². The molecule has 1 heterocycles. The molecule has 1 aromatic heterocycles. The Kier molecular flexibility index (Phi) is 3.48. The molecule has 0 spiro atoms. The first-order valence-electron chi connectivity index (χ1n) is 7.04. The Balaban J connectivity index is 2.17. The number of fused-ring (bicyclic) bond motifs is 1. The Morgan fingerprint density at radius 3 is 2.84 bits per heavy atom. The first kappa shape index (κ1) is 12.9. The second kappa shape index (κ2) is 5.12. The van der Waals surface area contributed by atoms with Crippen LogP contribution in [-0.4, -0.2) is 11.5 Å². The first-order chi connectivity index (χ1) is 9.20. The van der Waals surface area contributed by atoms with Crippen LogP contribution in [-0.2, 0) is 0 Å². The van der Waals surface area contributed by atoms with E-state index in [2.05, 4.69) is 53.3 Å². The molecule has 1 saturated carbocycles. The van der Waals surface area contributed by atoms with Gasteiger partial charge in [0.05, 0.1) is 5.52 Å². The van der Waals surface area contributed by atoms with Crippen molar-refractivity contribution in [3.05, 3.63) is 33.9 Å². The van der Waals surface area contributed by atoms with Crippen LogP contribution in [0.5, 0.6) is 0 Å². The summed E-state index contributed by atoms with van der Waals surface area (Å²) in [4.78, 5) is 4.88. The molecule has 0 unspecified atom stereocenters. The number of aromatic nitrogens is 1. The summed E-state index contributed by atoms with van der Waals surface area (Å²) in [7, 11) is 0. The number of benzene rings is 1. The molecule has 2 nitrogen and oxygen atoms in total. The molecule has 1 aliphatic carbocycles. The van der Waals surface area contributed by atoms with Gasteiger partial charge in [-0.15, -0.1) is 0 Å². The Morgan fingerprint density at radius 2 is 2.16 bits per heavy atom. The lowest BCUT2D eigenvalue weighted by Crippen LogP contribution is -2.03. The maximum absolute atomic E-state index is 4.88. The number of pyridine rings is 1.